The molecule has 1 fully saturated rings. The molecule has 0 aliphatic carbocycles. The van der Waals surface area contributed by atoms with E-state index >= 15 is 0 Å². The molecule has 1 aliphatic rings. The average Bonchev–Trinajstić information content (AvgIpc) is 2.38. The number of piperazine rings is 1. The maximum atomic E-state index is 3.49. The smallest absolute Gasteiger partial charge is 0.0367 e. The lowest BCUT2D eigenvalue weighted by Gasteiger charge is -2.41. The maximum absolute atomic E-state index is 3.49. The van der Waals surface area contributed by atoms with Gasteiger partial charge in [0.15, 0.2) is 0 Å². The van der Waals surface area contributed by atoms with Crippen LogP contribution in [-0.4, -0.2) is 50.7 Å². The van der Waals surface area contributed by atoms with Gasteiger partial charge in [0.25, 0.3) is 0 Å². The highest BCUT2D eigenvalue weighted by Gasteiger charge is 2.23. The molecule has 1 aromatic carbocycles. The zero-order valence-corrected chi connectivity index (χ0v) is 12.8. The summed E-state index contributed by atoms with van der Waals surface area (Å²) >= 11 is 3.49. The first kappa shape index (κ1) is 13.8. The van der Waals surface area contributed by atoms with E-state index < -0.39 is 0 Å². The van der Waals surface area contributed by atoms with Crippen LogP contribution < -0.4 is 10.2 Å². The third-order valence-corrected chi connectivity index (χ3v) is 4.13. The van der Waals surface area contributed by atoms with Gasteiger partial charge in [0.05, 0.1) is 0 Å². The monoisotopic (exact) mass is 311 g/mol. The Morgan fingerprint density at radius 1 is 1.28 bits per heavy atom. The largest absolute Gasteiger partial charge is 0.369 e. The number of likely N-dealkylation sites (N-methyl/N-ethyl adjacent to an activating group) is 1. The van der Waals surface area contributed by atoms with Crippen molar-refractivity contribution in [3.63, 3.8) is 0 Å². The Balaban J connectivity index is 1.93. The first-order chi connectivity index (χ1) is 8.70. The average molecular weight is 312 g/mol. The number of halogens is 1. The van der Waals surface area contributed by atoms with Gasteiger partial charge < -0.3 is 10.2 Å². The van der Waals surface area contributed by atoms with E-state index in [-0.39, 0.29) is 0 Å². The number of nitrogens with zero attached hydrogens (tertiary/aromatic N) is 2. The lowest BCUT2D eigenvalue weighted by molar-refractivity contribution is 0.191. The Morgan fingerprint density at radius 3 is 2.61 bits per heavy atom. The molecule has 1 heterocycles. The number of hydrogen-bond acceptors (Lipinski definition) is 3. The zero-order valence-electron chi connectivity index (χ0n) is 11.2. The van der Waals surface area contributed by atoms with Crippen molar-refractivity contribution in [3.05, 3.63) is 28.7 Å². The van der Waals surface area contributed by atoms with Crippen molar-refractivity contribution in [2.45, 2.75) is 13.0 Å². The van der Waals surface area contributed by atoms with E-state index in [4.69, 9.17) is 0 Å². The van der Waals surface area contributed by atoms with Gasteiger partial charge in [0, 0.05) is 48.9 Å². The molecule has 1 N–H and O–H groups in total. The number of benzene rings is 1. The molecule has 4 heteroatoms. The molecule has 1 unspecified atom stereocenters. The molecular weight excluding hydrogens is 290 g/mol. The molecule has 0 bridgehead atoms. The number of rotatable bonds is 4. The first-order valence-electron chi connectivity index (χ1n) is 6.60. The SMILES string of the molecule is CNCCN1CCN(c2ccc(Br)cc2)CC1C. The zero-order chi connectivity index (χ0) is 13.0. The van der Waals surface area contributed by atoms with Gasteiger partial charge in [-0.1, -0.05) is 15.9 Å². The summed E-state index contributed by atoms with van der Waals surface area (Å²) in [6.45, 7) is 7.93. The van der Waals surface area contributed by atoms with Crippen LogP contribution in [0.1, 0.15) is 6.92 Å². The summed E-state index contributed by atoms with van der Waals surface area (Å²) < 4.78 is 1.15. The van der Waals surface area contributed by atoms with Crippen LogP contribution in [0.4, 0.5) is 5.69 Å². The summed E-state index contributed by atoms with van der Waals surface area (Å²) in [5.74, 6) is 0. The second-order valence-corrected chi connectivity index (χ2v) is 5.83. The second kappa shape index (κ2) is 6.55. The Hall–Kier alpha value is -0.580. The molecular formula is C14H22BrN3. The molecule has 1 atom stereocenters. The van der Waals surface area contributed by atoms with Gasteiger partial charge in [-0.15, -0.1) is 0 Å². The fourth-order valence-corrected chi connectivity index (χ4v) is 2.73. The van der Waals surface area contributed by atoms with E-state index in [2.05, 4.69) is 62.2 Å². The predicted molar refractivity (Wildman–Crippen MR) is 81.3 cm³/mol. The van der Waals surface area contributed by atoms with Crippen LogP contribution in [0.15, 0.2) is 28.7 Å². The van der Waals surface area contributed by atoms with Gasteiger partial charge in [-0.3, -0.25) is 4.90 Å². The Labute approximate surface area is 118 Å². The molecule has 18 heavy (non-hydrogen) atoms. The lowest BCUT2D eigenvalue weighted by atomic mass is 10.1. The summed E-state index contributed by atoms with van der Waals surface area (Å²) in [5.41, 5.74) is 1.33. The van der Waals surface area contributed by atoms with Crippen LogP contribution in [0.2, 0.25) is 0 Å². The summed E-state index contributed by atoms with van der Waals surface area (Å²) in [6, 6.07) is 9.25. The van der Waals surface area contributed by atoms with Gasteiger partial charge in [-0.2, -0.15) is 0 Å². The predicted octanol–water partition coefficient (Wildman–Crippen LogP) is 2.18. The third kappa shape index (κ3) is 3.46. The van der Waals surface area contributed by atoms with Crippen LogP contribution in [0.25, 0.3) is 0 Å². The molecule has 0 saturated carbocycles. The molecule has 1 aliphatic heterocycles. The summed E-state index contributed by atoms with van der Waals surface area (Å²) in [5, 5.41) is 3.22. The van der Waals surface area contributed by atoms with Gasteiger partial charge in [-0.05, 0) is 38.2 Å². The van der Waals surface area contributed by atoms with Crippen molar-refractivity contribution in [2.75, 3.05) is 44.7 Å². The molecule has 0 aromatic heterocycles. The van der Waals surface area contributed by atoms with Gasteiger partial charge in [0.2, 0.25) is 0 Å². The maximum Gasteiger partial charge on any atom is 0.0367 e. The van der Waals surface area contributed by atoms with Crippen molar-refractivity contribution >= 4 is 21.6 Å². The summed E-state index contributed by atoms with van der Waals surface area (Å²) in [4.78, 5) is 5.04. The van der Waals surface area contributed by atoms with Crippen molar-refractivity contribution in [3.8, 4) is 0 Å². The standard InChI is InChI=1S/C14H22BrN3/c1-12-11-18(10-9-17(12)8-7-16-2)14-5-3-13(15)4-6-14/h3-6,12,16H,7-11H2,1-2H3. The first-order valence-corrected chi connectivity index (χ1v) is 7.39. The van der Waals surface area contributed by atoms with Crippen LogP contribution in [0, 0.1) is 0 Å². The fourth-order valence-electron chi connectivity index (χ4n) is 2.47. The van der Waals surface area contributed by atoms with E-state index in [1.807, 2.05) is 7.05 Å². The minimum absolute atomic E-state index is 0.621. The normalized spacial score (nSPS) is 21.3. The van der Waals surface area contributed by atoms with Crippen molar-refractivity contribution in [1.82, 2.24) is 10.2 Å². The van der Waals surface area contributed by atoms with Crippen LogP contribution in [0.3, 0.4) is 0 Å². The highest BCUT2D eigenvalue weighted by molar-refractivity contribution is 9.10. The Bertz CT molecular complexity index is 366. The van der Waals surface area contributed by atoms with Crippen LogP contribution in [-0.2, 0) is 0 Å². The molecule has 0 spiro atoms. The molecule has 0 amide bonds. The minimum atomic E-state index is 0.621. The molecule has 3 nitrogen and oxygen atoms in total. The molecule has 2 rings (SSSR count). The van der Waals surface area contributed by atoms with E-state index in [1.54, 1.807) is 0 Å². The Morgan fingerprint density at radius 2 is 2.00 bits per heavy atom. The van der Waals surface area contributed by atoms with Crippen molar-refractivity contribution < 1.29 is 0 Å². The topological polar surface area (TPSA) is 18.5 Å². The summed E-state index contributed by atoms with van der Waals surface area (Å²) in [7, 11) is 2.02. The van der Waals surface area contributed by atoms with E-state index in [0.717, 1.165) is 37.2 Å². The Kier molecular flexibility index (Phi) is 5.03. The van der Waals surface area contributed by atoms with Crippen molar-refractivity contribution in [1.29, 1.82) is 0 Å². The number of nitrogens with one attached hydrogen (secondary N) is 1. The molecule has 100 valence electrons. The van der Waals surface area contributed by atoms with E-state index in [1.165, 1.54) is 5.69 Å². The highest BCUT2D eigenvalue weighted by Crippen LogP contribution is 2.21. The van der Waals surface area contributed by atoms with Crippen LogP contribution >= 0.6 is 15.9 Å². The lowest BCUT2D eigenvalue weighted by Crippen LogP contribution is -2.53. The van der Waals surface area contributed by atoms with Crippen molar-refractivity contribution in [2.24, 2.45) is 0 Å². The van der Waals surface area contributed by atoms with Gasteiger partial charge >= 0.3 is 0 Å². The second-order valence-electron chi connectivity index (χ2n) is 4.91. The quantitative estimate of drug-likeness (QED) is 0.919. The number of anilines is 1. The highest BCUT2D eigenvalue weighted by atomic mass is 79.9. The molecule has 1 aromatic rings. The van der Waals surface area contributed by atoms with E-state index in [9.17, 15) is 0 Å². The van der Waals surface area contributed by atoms with Gasteiger partial charge in [0.1, 0.15) is 0 Å². The fraction of sp³-hybridized carbons (Fsp3) is 0.571. The third-order valence-electron chi connectivity index (χ3n) is 3.61. The molecule has 1 saturated heterocycles. The molecule has 0 radical (unpaired) electrons. The van der Waals surface area contributed by atoms with Gasteiger partial charge in [-0.25, -0.2) is 0 Å². The number of hydrogen-bond donors (Lipinski definition) is 1. The van der Waals surface area contributed by atoms with E-state index in [0.29, 0.717) is 6.04 Å². The van der Waals surface area contributed by atoms with Crippen LogP contribution in [0.5, 0.6) is 0 Å². The summed E-state index contributed by atoms with van der Waals surface area (Å²) in [6.07, 6.45) is 0. The minimum Gasteiger partial charge on any atom is -0.369 e.